The largest absolute Gasteiger partial charge is 0.494 e. The predicted octanol–water partition coefficient (Wildman–Crippen LogP) is 4.24. The van der Waals surface area contributed by atoms with Crippen molar-refractivity contribution in [3.8, 4) is 5.75 Å². The first-order valence-electron chi connectivity index (χ1n) is 10.4. The highest BCUT2D eigenvalue weighted by atomic mass is 32.1. The van der Waals surface area contributed by atoms with E-state index in [2.05, 4.69) is 10.4 Å². The molecule has 1 N–H and O–H groups in total. The van der Waals surface area contributed by atoms with Crippen LogP contribution in [0, 0.1) is 6.92 Å². The lowest BCUT2D eigenvalue weighted by Crippen LogP contribution is -2.38. The van der Waals surface area contributed by atoms with Crippen LogP contribution in [0.3, 0.4) is 0 Å². The molecule has 0 saturated carbocycles. The van der Waals surface area contributed by atoms with E-state index in [1.807, 2.05) is 62.4 Å². The van der Waals surface area contributed by atoms with E-state index in [4.69, 9.17) is 4.74 Å². The lowest BCUT2D eigenvalue weighted by atomic mass is 10.1. The average Bonchev–Trinajstić information content (AvgIpc) is 3.18. The van der Waals surface area contributed by atoms with Gasteiger partial charge in [0, 0.05) is 16.6 Å². The number of amides is 1. The van der Waals surface area contributed by atoms with Gasteiger partial charge in [-0.25, -0.2) is 4.68 Å². The van der Waals surface area contributed by atoms with Gasteiger partial charge in [0.25, 0.3) is 5.56 Å². The number of fused-ring (bicyclic) bond motifs is 3. The third-order valence-electron chi connectivity index (χ3n) is 5.30. The normalized spacial score (nSPS) is 12.2. The molecule has 0 spiro atoms. The molecule has 0 radical (unpaired) electrons. The first-order valence-corrected chi connectivity index (χ1v) is 11.2. The second-order valence-corrected chi connectivity index (χ2v) is 8.48. The Morgan fingerprint density at radius 1 is 1.19 bits per heavy atom. The van der Waals surface area contributed by atoms with E-state index in [0.717, 1.165) is 31.8 Å². The number of nitrogens with one attached hydrogen (secondary N) is 1. The van der Waals surface area contributed by atoms with E-state index in [9.17, 15) is 9.59 Å². The van der Waals surface area contributed by atoms with E-state index >= 15 is 0 Å². The molecule has 0 aliphatic rings. The first-order chi connectivity index (χ1) is 15.0. The fraction of sp³-hybridized carbons (Fsp3) is 0.292. The number of benzene rings is 2. The van der Waals surface area contributed by atoms with Gasteiger partial charge in [-0.15, -0.1) is 11.3 Å². The average molecular weight is 436 g/mol. The quantitative estimate of drug-likeness (QED) is 0.471. The Balaban J connectivity index is 1.50. The number of rotatable bonds is 7. The number of hydrogen-bond acceptors (Lipinski definition) is 5. The molecule has 6 nitrogen and oxygen atoms in total. The molecule has 2 aromatic carbocycles. The summed E-state index contributed by atoms with van der Waals surface area (Å²) >= 11 is 1.56. The molecule has 160 valence electrons. The maximum atomic E-state index is 13.2. The van der Waals surface area contributed by atoms with Gasteiger partial charge in [-0.3, -0.25) is 9.59 Å². The minimum Gasteiger partial charge on any atom is -0.494 e. The maximum absolute atomic E-state index is 13.2. The van der Waals surface area contributed by atoms with E-state index in [1.54, 1.807) is 18.3 Å². The predicted molar refractivity (Wildman–Crippen MR) is 125 cm³/mol. The Morgan fingerprint density at radius 3 is 2.68 bits per heavy atom. The molecule has 1 unspecified atom stereocenters. The maximum Gasteiger partial charge on any atom is 0.276 e. The molecule has 0 aliphatic carbocycles. The highest BCUT2D eigenvalue weighted by molar-refractivity contribution is 7.26. The summed E-state index contributed by atoms with van der Waals surface area (Å²) < 4.78 is 8.68. The number of aromatic nitrogens is 2. The van der Waals surface area contributed by atoms with Crippen molar-refractivity contribution in [1.29, 1.82) is 0 Å². The zero-order valence-electron chi connectivity index (χ0n) is 17.8. The van der Waals surface area contributed by atoms with E-state index < -0.39 is 6.04 Å². The molecule has 0 bridgehead atoms. The number of carbonyl (C=O) groups excluding carboxylic acids is 1. The zero-order chi connectivity index (χ0) is 22.0. The molecule has 31 heavy (non-hydrogen) atoms. The van der Waals surface area contributed by atoms with Crippen LogP contribution in [0.2, 0.25) is 0 Å². The van der Waals surface area contributed by atoms with Gasteiger partial charge < -0.3 is 10.1 Å². The molecule has 2 heterocycles. The van der Waals surface area contributed by atoms with Crippen molar-refractivity contribution in [3.05, 3.63) is 70.1 Å². The lowest BCUT2D eigenvalue weighted by Gasteiger charge is -2.15. The molecule has 1 amide bonds. The Morgan fingerprint density at radius 2 is 1.94 bits per heavy atom. The SMILES string of the molecule is CCOc1ccc(CCNC(=O)C(C)n2nc(C)c3sc4ccccc4c3c2=O)cc1. The van der Waals surface area contributed by atoms with Crippen LogP contribution < -0.4 is 15.6 Å². The van der Waals surface area contributed by atoms with E-state index in [1.165, 1.54) is 4.68 Å². The summed E-state index contributed by atoms with van der Waals surface area (Å²) in [5.41, 5.74) is 1.63. The molecule has 7 heteroatoms. The van der Waals surface area contributed by atoms with Crippen molar-refractivity contribution < 1.29 is 9.53 Å². The van der Waals surface area contributed by atoms with Crippen LogP contribution in [-0.4, -0.2) is 28.8 Å². The topological polar surface area (TPSA) is 73.2 Å². The lowest BCUT2D eigenvalue weighted by molar-refractivity contribution is -0.124. The second-order valence-electron chi connectivity index (χ2n) is 7.43. The Kier molecular flexibility index (Phi) is 6.04. The Labute approximate surface area is 184 Å². The summed E-state index contributed by atoms with van der Waals surface area (Å²) in [6.07, 6.45) is 0.695. The van der Waals surface area contributed by atoms with Gasteiger partial charge in [0.2, 0.25) is 5.91 Å². The van der Waals surface area contributed by atoms with Crippen LogP contribution in [0.15, 0.2) is 53.3 Å². The summed E-state index contributed by atoms with van der Waals surface area (Å²) in [4.78, 5) is 25.9. The minimum atomic E-state index is -0.699. The molecule has 4 aromatic rings. The first kappa shape index (κ1) is 21.1. The van der Waals surface area contributed by atoms with Crippen LogP contribution in [0.5, 0.6) is 5.75 Å². The van der Waals surface area contributed by atoms with E-state index in [-0.39, 0.29) is 11.5 Å². The zero-order valence-corrected chi connectivity index (χ0v) is 18.7. The van der Waals surface area contributed by atoms with Crippen LogP contribution in [-0.2, 0) is 11.2 Å². The molecular weight excluding hydrogens is 410 g/mol. The fourth-order valence-electron chi connectivity index (χ4n) is 3.65. The van der Waals surface area contributed by atoms with Crippen molar-refractivity contribution in [1.82, 2.24) is 15.1 Å². The number of thiophene rings is 1. The van der Waals surface area contributed by atoms with Gasteiger partial charge in [-0.1, -0.05) is 30.3 Å². The van der Waals surface area contributed by atoms with Crippen molar-refractivity contribution in [3.63, 3.8) is 0 Å². The van der Waals surface area contributed by atoms with Gasteiger partial charge in [-0.05, 0) is 51.0 Å². The van der Waals surface area contributed by atoms with Crippen LogP contribution >= 0.6 is 11.3 Å². The highest BCUT2D eigenvalue weighted by Crippen LogP contribution is 2.32. The molecule has 1 atom stereocenters. The smallest absolute Gasteiger partial charge is 0.276 e. The van der Waals surface area contributed by atoms with Gasteiger partial charge in [-0.2, -0.15) is 5.10 Å². The Hall–Kier alpha value is -3.19. The second kappa shape index (κ2) is 8.89. The number of ether oxygens (including phenoxy) is 1. The standard InChI is InChI=1S/C24H25N3O3S/c1-4-30-18-11-9-17(10-12-18)13-14-25-23(28)16(3)27-24(29)21-19-7-5-6-8-20(19)31-22(21)15(2)26-27/h5-12,16H,4,13-14H2,1-3H3,(H,25,28). The van der Waals surface area contributed by atoms with Gasteiger partial charge in [0.1, 0.15) is 11.8 Å². The van der Waals surface area contributed by atoms with Crippen LogP contribution in [0.1, 0.15) is 31.1 Å². The van der Waals surface area contributed by atoms with Crippen LogP contribution in [0.25, 0.3) is 20.2 Å². The van der Waals surface area contributed by atoms with Crippen LogP contribution in [0.4, 0.5) is 0 Å². The Bertz CT molecular complexity index is 1290. The summed E-state index contributed by atoms with van der Waals surface area (Å²) in [6.45, 7) is 6.65. The third kappa shape index (κ3) is 4.18. The number of aryl methyl sites for hydroxylation is 1. The summed E-state index contributed by atoms with van der Waals surface area (Å²) in [7, 11) is 0. The molecule has 0 fully saturated rings. The van der Waals surface area contributed by atoms with Crippen molar-refractivity contribution in [2.45, 2.75) is 33.2 Å². The summed E-state index contributed by atoms with van der Waals surface area (Å²) in [5.74, 6) is 0.611. The van der Waals surface area contributed by atoms with Gasteiger partial charge in [0.15, 0.2) is 0 Å². The van der Waals surface area contributed by atoms with Gasteiger partial charge >= 0.3 is 0 Å². The number of nitrogens with zero attached hydrogens (tertiary/aromatic N) is 2. The summed E-state index contributed by atoms with van der Waals surface area (Å²) in [5, 5.41) is 8.93. The highest BCUT2D eigenvalue weighted by Gasteiger charge is 2.21. The van der Waals surface area contributed by atoms with E-state index in [0.29, 0.717) is 25.0 Å². The summed E-state index contributed by atoms with van der Waals surface area (Å²) in [6, 6.07) is 15.0. The fourth-order valence-corrected chi connectivity index (χ4v) is 4.78. The molecular formula is C24H25N3O3S. The van der Waals surface area contributed by atoms with Gasteiger partial charge in [0.05, 0.1) is 22.4 Å². The minimum absolute atomic E-state index is 0.223. The van der Waals surface area contributed by atoms with Crippen molar-refractivity contribution in [2.75, 3.05) is 13.2 Å². The molecule has 2 aromatic heterocycles. The molecule has 4 rings (SSSR count). The molecule has 0 aliphatic heterocycles. The van der Waals surface area contributed by atoms with Crippen molar-refractivity contribution >= 4 is 37.4 Å². The number of hydrogen-bond donors (Lipinski definition) is 1. The molecule has 0 saturated heterocycles. The monoisotopic (exact) mass is 435 g/mol. The van der Waals surface area contributed by atoms with Crippen molar-refractivity contribution in [2.24, 2.45) is 0 Å². The third-order valence-corrected chi connectivity index (χ3v) is 6.58. The number of carbonyl (C=O) groups is 1.